The predicted molar refractivity (Wildman–Crippen MR) is 154 cm³/mol. The van der Waals surface area contributed by atoms with Crippen LogP contribution in [0.3, 0.4) is 0 Å². The Morgan fingerprint density at radius 1 is 0.703 bits per heavy atom. The SMILES string of the molecule is CCCOP(=O)(OCCC)C(=Cc1cc(C(C)(C)C)c(O)c(C(C)(C)C)c1)P(=O)(OCCC)OCCC. The zero-order chi connectivity index (χ0) is 28.5. The van der Waals surface area contributed by atoms with Crippen LogP contribution >= 0.6 is 15.2 Å². The zero-order valence-electron chi connectivity index (χ0n) is 24.7. The van der Waals surface area contributed by atoms with Crippen LogP contribution in [0.5, 0.6) is 5.75 Å². The fourth-order valence-corrected chi connectivity index (χ4v) is 8.40. The summed E-state index contributed by atoms with van der Waals surface area (Å²) >= 11 is 0. The maximum Gasteiger partial charge on any atom is 0.369 e. The first kappa shape index (κ1) is 34.1. The monoisotopic (exact) mass is 560 g/mol. The summed E-state index contributed by atoms with van der Waals surface area (Å²) in [6.45, 7) is 20.4. The minimum atomic E-state index is -4.07. The van der Waals surface area contributed by atoms with E-state index in [-0.39, 0.29) is 48.1 Å². The highest BCUT2D eigenvalue weighted by Crippen LogP contribution is 2.74. The van der Waals surface area contributed by atoms with Gasteiger partial charge in [0.1, 0.15) is 5.75 Å². The van der Waals surface area contributed by atoms with Crippen LogP contribution in [0.4, 0.5) is 0 Å². The van der Waals surface area contributed by atoms with Crippen LogP contribution in [0.2, 0.25) is 0 Å². The van der Waals surface area contributed by atoms with Gasteiger partial charge in [-0.25, -0.2) is 0 Å². The molecule has 0 aliphatic heterocycles. The van der Waals surface area contributed by atoms with Gasteiger partial charge < -0.3 is 23.2 Å². The highest BCUT2D eigenvalue weighted by molar-refractivity contribution is 7.79. The van der Waals surface area contributed by atoms with E-state index in [0.717, 1.165) is 11.1 Å². The topological polar surface area (TPSA) is 91.3 Å². The lowest BCUT2D eigenvalue weighted by molar-refractivity contribution is 0.199. The summed E-state index contributed by atoms with van der Waals surface area (Å²) < 4.78 is 52.0. The second kappa shape index (κ2) is 14.4. The molecule has 0 saturated carbocycles. The molecule has 0 fully saturated rings. The van der Waals surface area contributed by atoms with Crippen LogP contribution in [-0.2, 0) is 38.1 Å². The summed E-state index contributed by atoms with van der Waals surface area (Å²) in [4.78, 5) is 0. The maximum atomic E-state index is 14.3. The van der Waals surface area contributed by atoms with Crippen molar-refractivity contribution >= 4 is 21.3 Å². The molecule has 37 heavy (non-hydrogen) atoms. The molecule has 1 aromatic rings. The van der Waals surface area contributed by atoms with Gasteiger partial charge in [-0.3, -0.25) is 9.13 Å². The lowest BCUT2D eigenvalue weighted by Crippen LogP contribution is -2.17. The van der Waals surface area contributed by atoms with E-state index >= 15 is 0 Å². The maximum absolute atomic E-state index is 14.3. The fraction of sp³-hybridized carbons (Fsp3) is 0.714. The first-order chi connectivity index (χ1) is 17.1. The number of hydrogen-bond donors (Lipinski definition) is 1. The van der Waals surface area contributed by atoms with Gasteiger partial charge >= 0.3 is 15.2 Å². The van der Waals surface area contributed by atoms with Gasteiger partial charge in [-0.05, 0) is 60.3 Å². The molecule has 0 saturated heterocycles. The minimum Gasteiger partial charge on any atom is -0.507 e. The molecule has 0 heterocycles. The summed E-state index contributed by atoms with van der Waals surface area (Å²) in [7, 11) is -8.14. The quantitative estimate of drug-likeness (QED) is 0.214. The first-order valence-corrected chi connectivity index (χ1v) is 16.6. The van der Waals surface area contributed by atoms with Crippen molar-refractivity contribution in [2.24, 2.45) is 0 Å². The molecule has 0 spiro atoms. The molecule has 7 nitrogen and oxygen atoms in total. The normalized spacial score (nSPS) is 13.1. The predicted octanol–water partition coefficient (Wildman–Crippen LogP) is 9.38. The van der Waals surface area contributed by atoms with E-state index in [4.69, 9.17) is 18.1 Å². The lowest BCUT2D eigenvalue weighted by Gasteiger charge is -2.29. The van der Waals surface area contributed by atoms with Crippen molar-refractivity contribution in [2.75, 3.05) is 26.4 Å². The number of hydrogen-bond acceptors (Lipinski definition) is 7. The second-order valence-corrected chi connectivity index (χ2v) is 15.6. The molecule has 9 heteroatoms. The van der Waals surface area contributed by atoms with E-state index in [1.165, 1.54) is 0 Å². The third kappa shape index (κ3) is 9.64. The number of rotatable bonds is 15. The third-order valence-electron chi connectivity index (χ3n) is 5.47. The van der Waals surface area contributed by atoms with Gasteiger partial charge in [0.05, 0.1) is 26.4 Å². The fourth-order valence-electron chi connectivity index (χ4n) is 3.53. The summed E-state index contributed by atoms with van der Waals surface area (Å²) in [6, 6.07) is 3.66. The highest BCUT2D eigenvalue weighted by Gasteiger charge is 2.46. The first-order valence-electron chi connectivity index (χ1n) is 13.5. The van der Waals surface area contributed by atoms with Gasteiger partial charge in [0.15, 0.2) is 5.06 Å². The highest BCUT2D eigenvalue weighted by atomic mass is 31.2. The van der Waals surface area contributed by atoms with Gasteiger partial charge in [-0.1, -0.05) is 69.2 Å². The molecule has 1 N–H and O–H groups in total. The van der Waals surface area contributed by atoms with E-state index < -0.39 is 15.2 Å². The third-order valence-corrected chi connectivity index (χ3v) is 10.4. The van der Waals surface area contributed by atoms with Gasteiger partial charge in [-0.15, -0.1) is 0 Å². The average molecular weight is 561 g/mol. The van der Waals surface area contributed by atoms with Crippen molar-refractivity contribution in [2.45, 2.75) is 106 Å². The Bertz CT molecular complexity index is 892. The Kier molecular flexibility index (Phi) is 13.3. The number of benzene rings is 1. The Hall–Kier alpha value is -0.940. The zero-order valence-corrected chi connectivity index (χ0v) is 26.5. The van der Waals surface area contributed by atoms with Gasteiger partial charge in [0.2, 0.25) is 0 Å². The molecule has 0 radical (unpaired) electrons. The van der Waals surface area contributed by atoms with Gasteiger partial charge in [0, 0.05) is 11.1 Å². The molecule has 214 valence electrons. The molecule has 1 rings (SSSR count). The number of phenolic OH excluding ortho intramolecular Hbond substituents is 1. The Labute approximate surface area is 225 Å². The molecule has 0 aliphatic rings. The molecule has 0 bridgehead atoms. The Balaban J connectivity index is 4.09. The number of aromatic hydroxyl groups is 1. The van der Waals surface area contributed by atoms with Crippen LogP contribution in [0.15, 0.2) is 17.2 Å². The van der Waals surface area contributed by atoms with Crippen molar-refractivity contribution < 1.29 is 32.3 Å². The minimum absolute atomic E-state index is 0.103. The summed E-state index contributed by atoms with van der Waals surface area (Å²) in [5, 5.41) is 11.1. The molecule has 0 aromatic heterocycles. The molecule has 1 aromatic carbocycles. The number of phenols is 1. The van der Waals surface area contributed by atoms with E-state index in [1.807, 2.05) is 81.4 Å². The summed E-state index contributed by atoms with van der Waals surface area (Å²) in [6.07, 6.45) is 3.98. The largest absolute Gasteiger partial charge is 0.507 e. The molecular formula is C28H50O7P2. The Morgan fingerprint density at radius 2 is 1.00 bits per heavy atom. The van der Waals surface area contributed by atoms with E-state index in [9.17, 15) is 14.2 Å². The average Bonchev–Trinajstić information content (AvgIpc) is 2.81. The van der Waals surface area contributed by atoms with Crippen LogP contribution in [0.1, 0.15) is 112 Å². The van der Waals surface area contributed by atoms with Crippen LogP contribution < -0.4 is 0 Å². The van der Waals surface area contributed by atoms with Crippen LogP contribution in [-0.4, -0.2) is 31.5 Å². The van der Waals surface area contributed by atoms with Crippen LogP contribution in [0.25, 0.3) is 6.08 Å². The van der Waals surface area contributed by atoms with Crippen molar-refractivity contribution in [3.8, 4) is 5.75 Å². The Morgan fingerprint density at radius 3 is 1.24 bits per heavy atom. The second-order valence-electron chi connectivity index (χ2n) is 11.3. The van der Waals surface area contributed by atoms with Crippen molar-refractivity contribution in [1.82, 2.24) is 0 Å². The molecule has 0 unspecified atom stereocenters. The lowest BCUT2D eigenvalue weighted by atomic mass is 9.78. The van der Waals surface area contributed by atoms with E-state index in [1.54, 1.807) is 6.08 Å². The molecule has 0 aliphatic carbocycles. The van der Waals surface area contributed by atoms with E-state index in [0.29, 0.717) is 31.2 Å². The van der Waals surface area contributed by atoms with Gasteiger partial charge in [-0.2, -0.15) is 0 Å². The molecule has 0 atom stereocenters. The van der Waals surface area contributed by atoms with Crippen molar-refractivity contribution in [1.29, 1.82) is 0 Å². The summed E-state index contributed by atoms with van der Waals surface area (Å²) in [5.41, 5.74) is 1.31. The molecular weight excluding hydrogens is 510 g/mol. The van der Waals surface area contributed by atoms with E-state index in [2.05, 4.69) is 0 Å². The smallest absolute Gasteiger partial charge is 0.369 e. The van der Waals surface area contributed by atoms with Gasteiger partial charge in [0.25, 0.3) is 0 Å². The van der Waals surface area contributed by atoms with Crippen molar-refractivity contribution in [3.05, 3.63) is 33.9 Å². The summed E-state index contributed by atoms with van der Waals surface area (Å²) in [5.74, 6) is 0.221. The van der Waals surface area contributed by atoms with Crippen molar-refractivity contribution in [3.63, 3.8) is 0 Å². The van der Waals surface area contributed by atoms with Crippen LogP contribution in [0, 0.1) is 0 Å². The standard InChI is InChI=1S/C28H50O7P2/c1-11-15-32-36(30,33-16-12-2)25(37(31,34-17-13-3)35-18-14-4)21-22-19-23(27(5,6)7)26(29)24(20-22)28(8,9)10/h19-21,29H,11-18H2,1-10H3. The molecule has 0 amide bonds.